The van der Waals surface area contributed by atoms with Crippen molar-refractivity contribution in [2.24, 2.45) is 5.41 Å². The lowest BCUT2D eigenvalue weighted by atomic mass is 9.76. The Kier molecular flexibility index (Phi) is 7.54. The topological polar surface area (TPSA) is 57.5 Å². The molecule has 2 N–H and O–H groups in total. The van der Waals surface area contributed by atoms with Crippen LogP contribution in [0.5, 0.6) is 0 Å². The molecule has 3 nitrogen and oxygen atoms in total. The highest BCUT2D eigenvalue weighted by molar-refractivity contribution is 7.51. The van der Waals surface area contributed by atoms with Gasteiger partial charge < -0.3 is 9.79 Å². The molecule has 0 rings (SSSR count). The Balaban J connectivity index is 3.76. The van der Waals surface area contributed by atoms with Crippen LogP contribution in [-0.4, -0.2) is 15.9 Å². The third-order valence-electron chi connectivity index (χ3n) is 3.91. The van der Waals surface area contributed by atoms with Crippen molar-refractivity contribution in [3.8, 4) is 0 Å². The summed E-state index contributed by atoms with van der Waals surface area (Å²) in [5.74, 6) is 0. The summed E-state index contributed by atoms with van der Waals surface area (Å²) in [5, 5.41) is 0. The van der Waals surface area contributed by atoms with E-state index >= 15 is 0 Å². The molecule has 0 aromatic rings. The molecule has 0 unspecified atom stereocenters. The maximum Gasteiger partial charge on any atom is 0.325 e. The van der Waals surface area contributed by atoms with Crippen molar-refractivity contribution in [2.45, 2.75) is 65.7 Å². The minimum absolute atomic E-state index is 0.0460. The summed E-state index contributed by atoms with van der Waals surface area (Å²) in [6.07, 6.45) is 7.54. The fraction of sp³-hybridized carbons (Fsp3) is 1.00. The zero-order valence-electron chi connectivity index (χ0n) is 10.9. The van der Waals surface area contributed by atoms with E-state index in [9.17, 15) is 4.57 Å². The van der Waals surface area contributed by atoms with Crippen LogP contribution in [0.25, 0.3) is 0 Å². The van der Waals surface area contributed by atoms with E-state index in [1.807, 2.05) is 0 Å². The molecule has 0 amide bonds. The van der Waals surface area contributed by atoms with Crippen LogP contribution < -0.4 is 0 Å². The predicted octanol–water partition coefficient (Wildman–Crippen LogP) is 3.94. The molecular weight excluding hydrogens is 223 g/mol. The van der Waals surface area contributed by atoms with Crippen LogP contribution in [0.2, 0.25) is 0 Å². The summed E-state index contributed by atoms with van der Waals surface area (Å²) in [5.41, 5.74) is 0.460. The van der Waals surface area contributed by atoms with E-state index in [1.54, 1.807) is 0 Å². The molecule has 0 aliphatic heterocycles. The van der Waals surface area contributed by atoms with Crippen LogP contribution in [0, 0.1) is 5.41 Å². The van der Waals surface area contributed by atoms with Crippen molar-refractivity contribution in [3.63, 3.8) is 0 Å². The van der Waals surface area contributed by atoms with E-state index in [0.717, 1.165) is 12.8 Å². The summed E-state index contributed by atoms with van der Waals surface area (Å²) in [4.78, 5) is 17.5. The first kappa shape index (κ1) is 16.1. The predicted molar refractivity (Wildman–Crippen MR) is 68.7 cm³/mol. The average Bonchev–Trinajstić information content (AvgIpc) is 2.23. The van der Waals surface area contributed by atoms with Gasteiger partial charge in [-0.05, 0) is 18.3 Å². The van der Waals surface area contributed by atoms with Gasteiger partial charge in [0.2, 0.25) is 0 Å². The van der Waals surface area contributed by atoms with Gasteiger partial charge in [0.05, 0.1) is 0 Å². The van der Waals surface area contributed by atoms with E-state index in [1.165, 1.54) is 25.7 Å². The van der Waals surface area contributed by atoms with E-state index in [0.29, 0.717) is 11.8 Å². The van der Waals surface area contributed by atoms with Crippen molar-refractivity contribution >= 4 is 7.60 Å². The quantitative estimate of drug-likeness (QED) is 0.481. The smallest absolute Gasteiger partial charge is 0.324 e. The Morgan fingerprint density at radius 2 is 1.44 bits per heavy atom. The van der Waals surface area contributed by atoms with Crippen LogP contribution >= 0.6 is 7.60 Å². The molecule has 0 atom stereocenters. The second-order valence-electron chi connectivity index (χ2n) is 4.76. The summed E-state index contributed by atoms with van der Waals surface area (Å²) < 4.78 is 10.7. The number of rotatable bonds is 9. The first-order chi connectivity index (χ1) is 7.39. The van der Waals surface area contributed by atoms with Crippen molar-refractivity contribution in [1.82, 2.24) is 0 Å². The highest BCUT2D eigenvalue weighted by Crippen LogP contribution is 2.38. The Labute approximate surface area is 99.8 Å². The molecular formula is C12H27O3P. The van der Waals surface area contributed by atoms with Gasteiger partial charge in [0, 0.05) is 6.16 Å². The highest BCUT2D eigenvalue weighted by Gasteiger charge is 2.22. The summed E-state index contributed by atoms with van der Waals surface area (Å²) in [7, 11) is -3.77. The summed E-state index contributed by atoms with van der Waals surface area (Å²) in [6, 6.07) is 0. The molecule has 4 heteroatoms. The molecule has 0 heterocycles. The molecule has 16 heavy (non-hydrogen) atoms. The Bertz CT molecular complexity index is 210. The maximum absolute atomic E-state index is 10.7. The number of hydrogen-bond acceptors (Lipinski definition) is 1. The fourth-order valence-electron chi connectivity index (χ4n) is 2.27. The first-order valence-corrected chi connectivity index (χ1v) is 8.23. The van der Waals surface area contributed by atoms with Crippen LogP contribution in [0.4, 0.5) is 0 Å². The lowest BCUT2D eigenvalue weighted by molar-refractivity contribution is 0.220. The third-order valence-corrected chi connectivity index (χ3v) is 4.81. The average molecular weight is 250 g/mol. The Morgan fingerprint density at radius 3 is 1.81 bits per heavy atom. The van der Waals surface area contributed by atoms with Gasteiger partial charge in [0.1, 0.15) is 0 Å². The first-order valence-electron chi connectivity index (χ1n) is 6.43. The van der Waals surface area contributed by atoms with Gasteiger partial charge in [0.25, 0.3) is 0 Å². The van der Waals surface area contributed by atoms with Crippen LogP contribution in [0.15, 0.2) is 0 Å². The normalized spacial score (nSPS) is 13.1. The molecule has 0 radical (unpaired) electrons. The molecule has 0 aliphatic rings. The standard InChI is InChI=1S/C12H27O3P/c1-4-12(5-2,6-3)10-8-7-9-11-16(13,14)15/h4-11H2,1-3H3,(H2,13,14,15). The van der Waals surface area contributed by atoms with Gasteiger partial charge in [-0.1, -0.05) is 52.9 Å². The maximum atomic E-state index is 10.7. The second kappa shape index (κ2) is 7.47. The van der Waals surface area contributed by atoms with Gasteiger partial charge in [-0.25, -0.2) is 0 Å². The molecule has 0 saturated carbocycles. The minimum atomic E-state index is -3.77. The Morgan fingerprint density at radius 1 is 0.938 bits per heavy atom. The van der Waals surface area contributed by atoms with Gasteiger partial charge >= 0.3 is 7.60 Å². The largest absolute Gasteiger partial charge is 0.325 e. The van der Waals surface area contributed by atoms with Crippen molar-refractivity contribution in [1.29, 1.82) is 0 Å². The van der Waals surface area contributed by atoms with E-state index in [-0.39, 0.29) is 6.16 Å². The van der Waals surface area contributed by atoms with Crippen molar-refractivity contribution in [2.75, 3.05) is 6.16 Å². The molecule has 0 aromatic carbocycles. The van der Waals surface area contributed by atoms with Crippen molar-refractivity contribution in [3.05, 3.63) is 0 Å². The molecule has 0 saturated heterocycles. The van der Waals surface area contributed by atoms with E-state index in [4.69, 9.17) is 9.79 Å². The Hall–Kier alpha value is 0.150. The van der Waals surface area contributed by atoms with Gasteiger partial charge in [-0.3, -0.25) is 4.57 Å². The second-order valence-corrected chi connectivity index (χ2v) is 6.54. The molecule has 0 fully saturated rings. The van der Waals surface area contributed by atoms with Gasteiger partial charge in [0.15, 0.2) is 0 Å². The van der Waals surface area contributed by atoms with Crippen molar-refractivity contribution < 1.29 is 14.4 Å². The lowest BCUT2D eigenvalue weighted by Gasteiger charge is -2.30. The lowest BCUT2D eigenvalue weighted by Crippen LogP contribution is -2.17. The van der Waals surface area contributed by atoms with Crippen LogP contribution in [0.3, 0.4) is 0 Å². The molecule has 98 valence electrons. The highest BCUT2D eigenvalue weighted by atomic mass is 31.2. The van der Waals surface area contributed by atoms with Crippen LogP contribution in [-0.2, 0) is 4.57 Å². The zero-order valence-corrected chi connectivity index (χ0v) is 11.8. The summed E-state index contributed by atoms with van der Waals surface area (Å²) in [6.45, 7) is 6.72. The molecule has 0 aromatic heterocycles. The summed E-state index contributed by atoms with van der Waals surface area (Å²) >= 11 is 0. The monoisotopic (exact) mass is 250 g/mol. The van der Waals surface area contributed by atoms with Gasteiger partial charge in [-0.15, -0.1) is 0 Å². The fourth-order valence-corrected chi connectivity index (χ4v) is 2.91. The van der Waals surface area contributed by atoms with Crippen LogP contribution in [0.1, 0.15) is 65.7 Å². The molecule has 0 spiro atoms. The molecule has 0 bridgehead atoms. The van der Waals surface area contributed by atoms with E-state index < -0.39 is 7.60 Å². The molecule has 0 aliphatic carbocycles. The number of hydrogen-bond donors (Lipinski definition) is 2. The SMILES string of the molecule is CCC(CC)(CC)CCCCCP(=O)(O)O. The minimum Gasteiger partial charge on any atom is -0.324 e. The van der Waals surface area contributed by atoms with E-state index in [2.05, 4.69) is 20.8 Å². The zero-order chi connectivity index (χ0) is 12.7. The van der Waals surface area contributed by atoms with Gasteiger partial charge in [-0.2, -0.15) is 0 Å². The third kappa shape index (κ3) is 6.67. The number of unbranched alkanes of at least 4 members (excludes halogenated alkanes) is 2.